The molecule has 2 amide bonds. The fourth-order valence-electron chi connectivity index (χ4n) is 1.23. The number of Topliss-reactive ketones (excluding diaryl/α,β-unsaturated/α-hetero) is 1. The molecule has 0 aliphatic heterocycles. The predicted molar refractivity (Wildman–Crippen MR) is 65.3 cm³/mol. The molecule has 0 spiro atoms. The van der Waals surface area contributed by atoms with Crippen molar-refractivity contribution in [2.45, 2.75) is 6.92 Å². The molecule has 0 atom stereocenters. The van der Waals surface area contributed by atoms with Crippen molar-refractivity contribution < 1.29 is 14.3 Å². The third kappa shape index (κ3) is 4.65. The number of ether oxygens (including phenoxy) is 1. The van der Waals surface area contributed by atoms with Crippen LogP contribution in [0.3, 0.4) is 0 Å². The zero-order chi connectivity index (χ0) is 12.7. The summed E-state index contributed by atoms with van der Waals surface area (Å²) in [6.45, 7) is 2.42. The highest BCUT2D eigenvalue weighted by Gasteiger charge is 2.02. The van der Waals surface area contributed by atoms with Crippen LogP contribution in [0, 0.1) is 0 Å². The molecule has 1 aromatic rings. The number of methoxy groups -OCH3 is 1. The van der Waals surface area contributed by atoms with E-state index in [0.717, 1.165) is 0 Å². The summed E-state index contributed by atoms with van der Waals surface area (Å²) in [6, 6.07) is 6.43. The maximum absolute atomic E-state index is 11.4. The first-order chi connectivity index (χ1) is 8.13. The Labute approximate surface area is 100 Å². The van der Waals surface area contributed by atoms with Crippen LogP contribution in [0.15, 0.2) is 24.3 Å². The van der Waals surface area contributed by atoms with Crippen LogP contribution < -0.4 is 10.6 Å². The van der Waals surface area contributed by atoms with Crippen LogP contribution in [-0.4, -0.2) is 32.1 Å². The predicted octanol–water partition coefficient (Wildman–Crippen LogP) is 1.66. The number of amides is 2. The summed E-state index contributed by atoms with van der Waals surface area (Å²) in [5, 5.41) is 5.28. The Bertz CT molecular complexity index is 387. The highest BCUT2D eigenvalue weighted by atomic mass is 16.5. The van der Waals surface area contributed by atoms with E-state index in [0.29, 0.717) is 24.4 Å². The summed E-state index contributed by atoms with van der Waals surface area (Å²) < 4.78 is 4.80. The molecular weight excluding hydrogens is 220 g/mol. The van der Waals surface area contributed by atoms with Crippen LogP contribution in [0.2, 0.25) is 0 Å². The van der Waals surface area contributed by atoms with Crippen molar-refractivity contribution in [3.8, 4) is 0 Å². The van der Waals surface area contributed by atoms with E-state index < -0.39 is 0 Å². The SMILES string of the molecule is COCCNC(=O)Nc1ccc(C(C)=O)cc1. The number of nitrogens with one attached hydrogen (secondary N) is 2. The van der Waals surface area contributed by atoms with Gasteiger partial charge in [-0.2, -0.15) is 0 Å². The monoisotopic (exact) mass is 236 g/mol. The van der Waals surface area contributed by atoms with Gasteiger partial charge in [0, 0.05) is 24.9 Å². The molecule has 2 N–H and O–H groups in total. The Morgan fingerprint density at radius 1 is 1.24 bits per heavy atom. The second kappa shape index (κ2) is 6.65. The highest BCUT2D eigenvalue weighted by molar-refractivity contribution is 5.95. The molecule has 0 aliphatic rings. The lowest BCUT2D eigenvalue weighted by Crippen LogP contribution is -2.31. The van der Waals surface area contributed by atoms with Gasteiger partial charge in [-0.15, -0.1) is 0 Å². The first-order valence-corrected chi connectivity index (χ1v) is 5.28. The fraction of sp³-hybridized carbons (Fsp3) is 0.333. The van der Waals surface area contributed by atoms with Crippen LogP contribution in [-0.2, 0) is 4.74 Å². The smallest absolute Gasteiger partial charge is 0.319 e. The van der Waals surface area contributed by atoms with Gasteiger partial charge in [-0.3, -0.25) is 4.79 Å². The first-order valence-electron chi connectivity index (χ1n) is 5.28. The van der Waals surface area contributed by atoms with Crippen molar-refractivity contribution in [2.75, 3.05) is 25.6 Å². The van der Waals surface area contributed by atoms with Gasteiger partial charge in [0.2, 0.25) is 0 Å². The first kappa shape index (κ1) is 13.2. The van der Waals surface area contributed by atoms with E-state index in [2.05, 4.69) is 10.6 Å². The number of hydrogen-bond acceptors (Lipinski definition) is 3. The summed E-state index contributed by atoms with van der Waals surface area (Å²) in [7, 11) is 1.57. The third-order valence-electron chi connectivity index (χ3n) is 2.14. The molecule has 0 saturated heterocycles. The van der Waals surface area contributed by atoms with E-state index >= 15 is 0 Å². The zero-order valence-corrected chi connectivity index (χ0v) is 9.95. The average Bonchev–Trinajstić information content (AvgIpc) is 2.30. The number of rotatable bonds is 5. The minimum absolute atomic E-state index is 0.00101. The molecule has 0 fully saturated rings. The van der Waals surface area contributed by atoms with Gasteiger partial charge in [0.05, 0.1) is 6.61 Å². The van der Waals surface area contributed by atoms with E-state index in [4.69, 9.17) is 4.74 Å². The number of benzene rings is 1. The van der Waals surface area contributed by atoms with Gasteiger partial charge in [-0.1, -0.05) is 0 Å². The molecule has 1 aromatic carbocycles. The molecule has 1 rings (SSSR count). The van der Waals surface area contributed by atoms with Crippen molar-refractivity contribution in [3.63, 3.8) is 0 Å². The van der Waals surface area contributed by atoms with Crippen LogP contribution in [0.4, 0.5) is 10.5 Å². The van der Waals surface area contributed by atoms with E-state index in [1.54, 1.807) is 31.4 Å². The molecular formula is C12H16N2O3. The second-order valence-corrected chi connectivity index (χ2v) is 3.51. The average molecular weight is 236 g/mol. The minimum Gasteiger partial charge on any atom is -0.383 e. The van der Waals surface area contributed by atoms with E-state index in [9.17, 15) is 9.59 Å². The maximum atomic E-state index is 11.4. The molecule has 5 nitrogen and oxygen atoms in total. The van der Waals surface area contributed by atoms with E-state index in [-0.39, 0.29) is 11.8 Å². The van der Waals surface area contributed by atoms with Gasteiger partial charge in [-0.25, -0.2) is 4.79 Å². The summed E-state index contributed by atoms with van der Waals surface area (Å²) in [5.74, 6) is 0.00101. The molecule has 0 unspecified atom stereocenters. The lowest BCUT2D eigenvalue weighted by molar-refractivity contribution is 0.101. The van der Waals surface area contributed by atoms with Crippen molar-refractivity contribution in [2.24, 2.45) is 0 Å². The number of hydrogen-bond donors (Lipinski definition) is 2. The topological polar surface area (TPSA) is 67.4 Å². The fourth-order valence-corrected chi connectivity index (χ4v) is 1.23. The Kier molecular flexibility index (Phi) is 5.16. The Morgan fingerprint density at radius 3 is 2.41 bits per heavy atom. The van der Waals surface area contributed by atoms with E-state index in [1.807, 2.05) is 0 Å². The summed E-state index contributed by atoms with van der Waals surface area (Å²) in [6.07, 6.45) is 0. The summed E-state index contributed by atoms with van der Waals surface area (Å²) >= 11 is 0. The van der Waals surface area contributed by atoms with Gasteiger partial charge in [0.15, 0.2) is 5.78 Å². The molecule has 0 aromatic heterocycles. The number of carbonyl (C=O) groups is 2. The number of carbonyl (C=O) groups excluding carboxylic acids is 2. The van der Waals surface area contributed by atoms with Gasteiger partial charge in [0.1, 0.15) is 0 Å². The molecule has 0 saturated carbocycles. The molecule has 92 valence electrons. The van der Waals surface area contributed by atoms with Crippen molar-refractivity contribution in [3.05, 3.63) is 29.8 Å². The Morgan fingerprint density at radius 2 is 1.88 bits per heavy atom. The zero-order valence-electron chi connectivity index (χ0n) is 9.95. The Hall–Kier alpha value is -1.88. The number of urea groups is 1. The largest absolute Gasteiger partial charge is 0.383 e. The van der Waals surface area contributed by atoms with Crippen molar-refractivity contribution in [1.29, 1.82) is 0 Å². The Balaban J connectivity index is 2.46. The molecule has 0 heterocycles. The van der Waals surface area contributed by atoms with Gasteiger partial charge >= 0.3 is 6.03 Å². The van der Waals surface area contributed by atoms with Crippen molar-refractivity contribution in [1.82, 2.24) is 5.32 Å². The lowest BCUT2D eigenvalue weighted by Gasteiger charge is -2.07. The van der Waals surface area contributed by atoms with Crippen molar-refractivity contribution >= 4 is 17.5 Å². The standard InChI is InChI=1S/C12H16N2O3/c1-9(15)10-3-5-11(6-4-10)14-12(16)13-7-8-17-2/h3-6H,7-8H2,1-2H3,(H2,13,14,16). The van der Waals surface area contributed by atoms with Crippen LogP contribution in [0.5, 0.6) is 0 Å². The molecule has 5 heteroatoms. The number of anilines is 1. The summed E-state index contributed by atoms with van der Waals surface area (Å²) in [4.78, 5) is 22.4. The summed E-state index contributed by atoms with van der Waals surface area (Å²) in [5.41, 5.74) is 1.26. The van der Waals surface area contributed by atoms with Gasteiger partial charge < -0.3 is 15.4 Å². The minimum atomic E-state index is -0.294. The molecule has 0 bridgehead atoms. The number of ketones is 1. The highest BCUT2D eigenvalue weighted by Crippen LogP contribution is 2.09. The molecule has 0 aliphatic carbocycles. The molecule has 17 heavy (non-hydrogen) atoms. The quantitative estimate of drug-likeness (QED) is 0.603. The van der Waals surface area contributed by atoms with Gasteiger partial charge in [0.25, 0.3) is 0 Å². The van der Waals surface area contributed by atoms with Crippen LogP contribution in [0.25, 0.3) is 0 Å². The normalized spacial score (nSPS) is 9.76. The van der Waals surface area contributed by atoms with E-state index in [1.165, 1.54) is 6.92 Å². The van der Waals surface area contributed by atoms with Crippen LogP contribution in [0.1, 0.15) is 17.3 Å². The third-order valence-corrected chi connectivity index (χ3v) is 2.14. The second-order valence-electron chi connectivity index (χ2n) is 3.51. The van der Waals surface area contributed by atoms with Gasteiger partial charge in [-0.05, 0) is 31.2 Å². The lowest BCUT2D eigenvalue weighted by atomic mass is 10.1. The maximum Gasteiger partial charge on any atom is 0.319 e. The van der Waals surface area contributed by atoms with Crippen LogP contribution >= 0.6 is 0 Å². The molecule has 0 radical (unpaired) electrons.